The molecule has 0 aromatic heterocycles. The van der Waals surface area contributed by atoms with Crippen molar-refractivity contribution in [2.24, 2.45) is 0 Å². The molecule has 1 unspecified atom stereocenters. The Morgan fingerprint density at radius 1 is 1.47 bits per heavy atom. The van der Waals surface area contributed by atoms with Gasteiger partial charge in [-0.05, 0) is 12.1 Å². The summed E-state index contributed by atoms with van der Waals surface area (Å²) in [6, 6.07) is 4.71. The minimum Gasteiger partial charge on any atom is -0.506 e. The molecule has 1 aromatic carbocycles. The van der Waals surface area contributed by atoms with Crippen LogP contribution in [0.1, 0.15) is 6.42 Å². The van der Waals surface area contributed by atoms with E-state index < -0.39 is 0 Å². The molecule has 5 heteroatoms. The number of aromatic hydroxyl groups is 1. The lowest BCUT2D eigenvalue weighted by Gasteiger charge is -2.16. The van der Waals surface area contributed by atoms with Crippen molar-refractivity contribution in [2.45, 2.75) is 11.8 Å². The molecule has 0 bridgehead atoms. The first-order chi connectivity index (χ1) is 7.08. The SMILES string of the molecule is O=C1CC(Cl)CN1c1ccc(Cl)c(O)c1. The maximum Gasteiger partial charge on any atom is 0.228 e. The number of anilines is 1. The lowest BCUT2D eigenvalue weighted by molar-refractivity contribution is -0.117. The number of phenols is 1. The Hall–Kier alpha value is -0.930. The Bertz CT molecular complexity index is 408. The highest BCUT2D eigenvalue weighted by Crippen LogP contribution is 2.31. The van der Waals surface area contributed by atoms with Crippen LogP contribution in [-0.4, -0.2) is 22.9 Å². The summed E-state index contributed by atoms with van der Waals surface area (Å²) >= 11 is 11.5. The van der Waals surface area contributed by atoms with Crippen LogP contribution in [0.2, 0.25) is 5.02 Å². The number of benzene rings is 1. The summed E-state index contributed by atoms with van der Waals surface area (Å²) in [6.07, 6.45) is 0.338. The molecule has 1 fully saturated rings. The average Bonchev–Trinajstić information content (AvgIpc) is 2.50. The van der Waals surface area contributed by atoms with Gasteiger partial charge in [-0.25, -0.2) is 0 Å². The lowest BCUT2D eigenvalue weighted by Crippen LogP contribution is -2.24. The van der Waals surface area contributed by atoms with E-state index in [0.717, 1.165) is 0 Å². The maximum atomic E-state index is 11.5. The third-order valence-electron chi connectivity index (χ3n) is 2.32. The van der Waals surface area contributed by atoms with Crippen molar-refractivity contribution in [3.8, 4) is 5.75 Å². The van der Waals surface area contributed by atoms with Gasteiger partial charge in [-0.3, -0.25) is 4.79 Å². The number of carbonyl (C=O) groups is 1. The molecule has 1 heterocycles. The van der Waals surface area contributed by atoms with Crippen LogP contribution in [-0.2, 0) is 4.79 Å². The molecule has 1 aliphatic rings. The molecule has 0 aliphatic carbocycles. The minimum absolute atomic E-state index is 0.0278. The van der Waals surface area contributed by atoms with E-state index in [1.807, 2.05) is 0 Å². The van der Waals surface area contributed by atoms with E-state index in [2.05, 4.69) is 0 Å². The van der Waals surface area contributed by atoms with Crippen LogP contribution in [0.3, 0.4) is 0 Å². The van der Waals surface area contributed by atoms with Crippen molar-refractivity contribution in [2.75, 3.05) is 11.4 Å². The van der Waals surface area contributed by atoms with Crippen molar-refractivity contribution in [3.05, 3.63) is 23.2 Å². The zero-order chi connectivity index (χ0) is 11.0. The van der Waals surface area contributed by atoms with Gasteiger partial charge in [0.25, 0.3) is 0 Å². The minimum atomic E-state index is -0.157. The van der Waals surface area contributed by atoms with Gasteiger partial charge < -0.3 is 10.0 Å². The van der Waals surface area contributed by atoms with Crippen LogP contribution in [0.25, 0.3) is 0 Å². The number of rotatable bonds is 1. The molecule has 1 amide bonds. The number of carbonyl (C=O) groups excluding carboxylic acids is 1. The maximum absolute atomic E-state index is 11.5. The Morgan fingerprint density at radius 3 is 2.73 bits per heavy atom. The predicted molar refractivity (Wildman–Crippen MR) is 59.7 cm³/mol. The molecular formula is C10H9Cl2NO2. The zero-order valence-corrected chi connectivity index (χ0v) is 9.29. The van der Waals surface area contributed by atoms with Gasteiger partial charge in [0.15, 0.2) is 0 Å². The number of alkyl halides is 1. The van der Waals surface area contributed by atoms with Gasteiger partial charge in [0.1, 0.15) is 5.75 Å². The number of halogens is 2. The molecular weight excluding hydrogens is 237 g/mol. The molecule has 3 nitrogen and oxygen atoms in total. The number of nitrogens with zero attached hydrogens (tertiary/aromatic N) is 1. The van der Waals surface area contributed by atoms with E-state index in [4.69, 9.17) is 23.2 Å². The highest BCUT2D eigenvalue weighted by Gasteiger charge is 2.29. The van der Waals surface area contributed by atoms with E-state index in [1.54, 1.807) is 17.0 Å². The first-order valence-corrected chi connectivity index (χ1v) is 5.32. The standard InChI is InChI=1S/C10H9Cl2NO2/c11-6-3-10(15)13(5-6)7-1-2-8(12)9(14)4-7/h1-2,4,6,14H,3,5H2. The van der Waals surface area contributed by atoms with Crippen molar-refractivity contribution in [1.82, 2.24) is 0 Å². The molecule has 0 saturated carbocycles. The lowest BCUT2D eigenvalue weighted by atomic mass is 10.3. The summed E-state index contributed by atoms with van der Waals surface area (Å²) in [5.41, 5.74) is 0.630. The monoisotopic (exact) mass is 245 g/mol. The van der Waals surface area contributed by atoms with Crippen molar-refractivity contribution >= 4 is 34.8 Å². The van der Waals surface area contributed by atoms with Gasteiger partial charge in [-0.1, -0.05) is 11.6 Å². The van der Waals surface area contributed by atoms with Gasteiger partial charge in [0, 0.05) is 24.7 Å². The molecule has 1 N–H and O–H groups in total. The van der Waals surface area contributed by atoms with Crippen LogP contribution in [0, 0.1) is 0 Å². The molecule has 1 atom stereocenters. The fraction of sp³-hybridized carbons (Fsp3) is 0.300. The van der Waals surface area contributed by atoms with E-state index >= 15 is 0 Å². The molecule has 1 saturated heterocycles. The van der Waals surface area contributed by atoms with Crippen LogP contribution in [0.4, 0.5) is 5.69 Å². The van der Waals surface area contributed by atoms with Crippen molar-refractivity contribution in [3.63, 3.8) is 0 Å². The zero-order valence-electron chi connectivity index (χ0n) is 7.78. The number of amides is 1. The molecule has 0 radical (unpaired) electrons. The van der Waals surface area contributed by atoms with Gasteiger partial charge in [-0.2, -0.15) is 0 Å². The van der Waals surface area contributed by atoms with E-state index in [1.165, 1.54) is 6.07 Å². The van der Waals surface area contributed by atoms with Crippen molar-refractivity contribution < 1.29 is 9.90 Å². The fourth-order valence-electron chi connectivity index (χ4n) is 1.58. The highest BCUT2D eigenvalue weighted by molar-refractivity contribution is 6.32. The first-order valence-electron chi connectivity index (χ1n) is 4.51. The summed E-state index contributed by atoms with van der Waals surface area (Å²) in [4.78, 5) is 13.1. The average molecular weight is 246 g/mol. The number of hydrogen-bond donors (Lipinski definition) is 1. The highest BCUT2D eigenvalue weighted by atomic mass is 35.5. The molecule has 15 heavy (non-hydrogen) atoms. The van der Waals surface area contributed by atoms with E-state index in [9.17, 15) is 9.90 Å². The third-order valence-corrected chi connectivity index (χ3v) is 2.93. The Kier molecular flexibility index (Phi) is 2.76. The third kappa shape index (κ3) is 2.03. The van der Waals surface area contributed by atoms with E-state index in [0.29, 0.717) is 18.7 Å². The van der Waals surface area contributed by atoms with E-state index in [-0.39, 0.29) is 22.1 Å². The topological polar surface area (TPSA) is 40.5 Å². The quantitative estimate of drug-likeness (QED) is 0.773. The Morgan fingerprint density at radius 2 is 2.20 bits per heavy atom. The largest absolute Gasteiger partial charge is 0.506 e. The summed E-state index contributed by atoms with van der Waals surface area (Å²) < 4.78 is 0. The van der Waals surface area contributed by atoms with Crippen molar-refractivity contribution in [1.29, 1.82) is 0 Å². The van der Waals surface area contributed by atoms with Crippen LogP contribution in [0.5, 0.6) is 5.75 Å². The number of phenolic OH excluding ortho intramolecular Hbond substituents is 1. The molecule has 2 rings (SSSR count). The molecule has 1 aliphatic heterocycles. The normalized spacial score (nSPS) is 21.1. The van der Waals surface area contributed by atoms with Crippen LogP contribution >= 0.6 is 23.2 Å². The second kappa shape index (κ2) is 3.91. The molecule has 1 aromatic rings. The Labute approximate surface area is 97.2 Å². The van der Waals surface area contributed by atoms with Crippen LogP contribution < -0.4 is 4.90 Å². The number of hydrogen-bond acceptors (Lipinski definition) is 2. The summed E-state index contributed by atoms with van der Waals surface area (Å²) in [7, 11) is 0. The first kappa shape index (κ1) is 10.6. The fourth-order valence-corrected chi connectivity index (χ4v) is 1.97. The second-order valence-corrected chi connectivity index (χ2v) is 4.47. The molecule has 0 spiro atoms. The van der Waals surface area contributed by atoms with Crippen LogP contribution in [0.15, 0.2) is 18.2 Å². The predicted octanol–water partition coefficient (Wildman–Crippen LogP) is 2.39. The summed E-state index contributed by atoms with van der Waals surface area (Å²) in [5.74, 6) is -0.0586. The summed E-state index contributed by atoms with van der Waals surface area (Å²) in [5, 5.41) is 9.52. The summed E-state index contributed by atoms with van der Waals surface area (Å²) in [6.45, 7) is 0.474. The molecule has 80 valence electrons. The van der Waals surface area contributed by atoms with Gasteiger partial charge in [0.2, 0.25) is 5.91 Å². The van der Waals surface area contributed by atoms with Gasteiger partial charge in [0.05, 0.1) is 10.4 Å². The Balaban J connectivity index is 2.30. The van der Waals surface area contributed by atoms with Gasteiger partial charge >= 0.3 is 0 Å². The second-order valence-electron chi connectivity index (χ2n) is 3.44. The van der Waals surface area contributed by atoms with Gasteiger partial charge in [-0.15, -0.1) is 11.6 Å². The smallest absolute Gasteiger partial charge is 0.228 e.